The van der Waals surface area contributed by atoms with Crippen LogP contribution in [0.25, 0.3) is 0 Å². The molecule has 2 N–H and O–H groups in total. The molecule has 0 fully saturated rings. The summed E-state index contributed by atoms with van der Waals surface area (Å²) >= 11 is 16.4. The van der Waals surface area contributed by atoms with Gasteiger partial charge in [-0.3, -0.25) is 4.68 Å². The molecule has 0 bridgehead atoms. The van der Waals surface area contributed by atoms with Crippen LogP contribution in [0.3, 0.4) is 0 Å². The van der Waals surface area contributed by atoms with Gasteiger partial charge in [-0.05, 0) is 57.5 Å². The number of ether oxygens (including phenoxy) is 1. The molecule has 0 radical (unpaired) electrons. The molecule has 0 spiro atoms. The number of carbonyl (C=O) groups excluding carboxylic acids is 1. The number of anilines is 2. The Morgan fingerprint density at radius 2 is 1.88 bits per heavy atom. The van der Waals surface area contributed by atoms with Gasteiger partial charge in [0.2, 0.25) is 0 Å². The average molecular weight is 576 g/mol. The number of esters is 1. The minimum absolute atomic E-state index is 0.315. The lowest BCUT2D eigenvalue weighted by Crippen LogP contribution is -2.20. The molecule has 4 rings (SSSR count). The maximum atomic E-state index is 12.3. The fourth-order valence-corrected chi connectivity index (χ4v) is 5.15. The van der Waals surface area contributed by atoms with Crippen LogP contribution in [0.15, 0.2) is 71.3 Å². The quantitative estimate of drug-likeness (QED) is 0.191. The predicted octanol–water partition coefficient (Wildman–Crippen LogP) is 6.60. The Balaban J connectivity index is 1.46. The molecular weight excluding hydrogens is 556 g/mol. The lowest BCUT2D eigenvalue weighted by Gasteiger charge is -2.09. The number of methoxy groups -OCH3 is 1. The first-order chi connectivity index (χ1) is 16.4. The Kier molecular flexibility index (Phi) is 7.99. The number of halogens is 2. The Morgan fingerprint density at radius 3 is 2.59 bits per heavy atom. The van der Waals surface area contributed by atoms with Gasteiger partial charge in [0.1, 0.15) is 5.00 Å². The highest BCUT2D eigenvalue weighted by Crippen LogP contribution is 2.31. The molecule has 0 amide bonds. The van der Waals surface area contributed by atoms with Gasteiger partial charge in [0, 0.05) is 22.5 Å². The number of thiocarbonyl (C=S) groups is 1. The van der Waals surface area contributed by atoms with Crippen molar-refractivity contribution in [2.24, 2.45) is 0 Å². The van der Waals surface area contributed by atoms with Gasteiger partial charge in [-0.15, -0.1) is 11.3 Å². The van der Waals surface area contributed by atoms with E-state index in [-0.39, 0.29) is 0 Å². The number of thiophene rings is 1. The van der Waals surface area contributed by atoms with Crippen LogP contribution in [0.4, 0.5) is 10.8 Å². The number of nitrogens with one attached hydrogen (secondary N) is 2. The van der Waals surface area contributed by atoms with Crippen molar-refractivity contribution in [2.75, 3.05) is 17.7 Å². The van der Waals surface area contributed by atoms with Crippen LogP contribution in [0.2, 0.25) is 5.02 Å². The molecule has 0 unspecified atom stereocenters. The van der Waals surface area contributed by atoms with Gasteiger partial charge in [-0.25, -0.2) is 4.79 Å². The third-order valence-electron chi connectivity index (χ3n) is 4.84. The minimum atomic E-state index is -0.422. The highest BCUT2D eigenvalue weighted by molar-refractivity contribution is 9.10. The molecule has 0 saturated heterocycles. The van der Waals surface area contributed by atoms with E-state index in [1.807, 2.05) is 54.7 Å². The van der Waals surface area contributed by atoms with Gasteiger partial charge < -0.3 is 15.4 Å². The lowest BCUT2D eigenvalue weighted by molar-refractivity contribution is 0.0602. The Morgan fingerprint density at radius 1 is 1.15 bits per heavy atom. The van der Waals surface area contributed by atoms with E-state index in [0.717, 1.165) is 20.5 Å². The zero-order valence-corrected chi connectivity index (χ0v) is 22.0. The van der Waals surface area contributed by atoms with Crippen molar-refractivity contribution >= 4 is 73.0 Å². The standard InChI is InChI=1S/C24H20BrClN4O2S2/c1-32-23(31)19-12-18(11-15-5-3-2-4-6-15)34-22(19)28-24(33)27-21-20(25)14-30(29-21)13-16-7-9-17(26)10-8-16/h2-10,12,14H,11,13H2,1H3,(H2,27,28,29,33). The molecule has 0 aliphatic rings. The third-order valence-corrected chi connectivity index (χ3v) is 6.93. The van der Waals surface area contributed by atoms with Gasteiger partial charge >= 0.3 is 5.97 Å². The van der Waals surface area contributed by atoms with Crippen LogP contribution in [-0.4, -0.2) is 28.0 Å². The van der Waals surface area contributed by atoms with E-state index in [9.17, 15) is 4.79 Å². The molecule has 2 aromatic heterocycles. The summed E-state index contributed by atoms with van der Waals surface area (Å²) in [5.74, 6) is 0.140. The van der Waals surface area contributed by atoms with Crippen molar-refractivity contribution in [1.29, 1.82) is 0 Å². The number of rotatable bonds is 7. The molecule has 0 atom stereocenters. The number of hydrogen-bond donors (Lipinski definition) is 2. The van der Waals surface area contributed by atoms with E-state index in [2.05, 4.69) is 43.8 Å². The molecule has 6 nitrogen and oxygen atoms in total. The van der Waals surface area contributed by atoms with E-state index < -0.39 is 5.97 Å². The summed E-state index contributed by atoms with van der Waals surface area (Å²) in [5, 5.41) is 12.4. The second-order valence-electron chi connectivity index (χ2n) is 7.34. The topological polar surface area (TPSA) is 68.2 Å². The zero-order chi connectivity index (χ0) is 24.1. The van der Waals surface area contributed by atoms with Gasteiger partial charge in [0.15, 0.2) is 10.9 Å². The number of carbonyl (C=O) groups is 1. The number of benzene rings is 2. The van der Waals surface area contributed by atoms with Crippen molar-refractivity contribution in [3.05, 3.63) is 97.9 Å². The molecule has 0 aliphatic carbocycles. The molecule has 4 aromatic rings. The van der Waals surface area contributed by atoms with Gasteiger partial charge in [-0.2, -0.15) is 5.10 Å². The van der Waals surface area contributed by atoms with Crippen molar-refractivity contribution in [3.8, 4) is 0 Å². The number of aromatic nitrogens is 2. The zero-order valence-electron chi connectivity index (χ0n) is 18.0. The smallest absolute Gasteiger partial charge is 0.340 e. The second kappa shape index (κ2) is 11.1. The van der Waals surface area contributed by atoms with Crippen LogP contribution in [0.1, 0.15) is 26.4 Å². The van der Waals surface area contributed by atoms with Crippen molar-refractivity contribution in [2.45, 2.75) is 13.0 Å². The Bertz CT molecular complexity index is 1310. The summed E-state index contributed by atoms with van der Waals surface area (Å²) in [7, 11) is 1.36. The Hall–Kier alpha value is -2.72. The summed E-state index contributed by atoms with van der Waals surface area (Å²) in [6.07, 6.45) is 2.57. The predicted molar refractivity (Wildman–Crippen MR) is 145 cm³/mol. The SMILES string of the molecule is COC(=O)c1cc(Cc2ccccc2)sc1NC(=S)Nc1nn(Cc2ccc(Cl)cc2)cc1Br. The molecule has 2 aromatic carbocycles. The van der Waals surface area contributed by atoms with Gasteiger partial charge in [0.25, 0.3) is 0 Å². The summed E-state index contributed by atoms with van der Waals surface area (Å²) in [5.41, 5.74) is 2.66. The first-order valence-electron chi connectivity index (χ1n) is 10.2. The molecular formula is C24H20BrClN4O2S2. The van der Waals surface area contributed by atoms with Crippen LogP contribution in [0.5, 0.6) is 0 Å². The molecule has 0 aliphatic heterocycles. The minimum Gasteiger partial charge on any atom is -0.465 e. The summed E-state index contributed by atoms with van der Waals surface area (Å²) in [6, 6.07) is 19.5. The van der Waals surface area contributed by atoms with E-state index >= 15 is 0 Å². The van der Waals surface area contributed by atoms with Crippen molar-refractivity contribution < 1.29 is 9.53 Å². The molecule has 2 heterocycles. The average Bonchev–Trinajstić information content (AvgIpc) is 3.37. The number of hydrogen-bond acceptors (Lipinski definition) is 5. The fourth-order valence-electron chi connectivity index (χ4n) is 3.26. The van der Waals surface area contributed by atoms with Gasteiger partial charge in [0.05, 0.1) is 23.7 Å². The van der Waals surface area contributed by atoms with Gasteiger partial charge in [-0.1, -0.05) is 54.1 Å². The highest BCUT2D eigenvalue weighted by atomic mass is 79.9. The molecule has 174 valence electrons. The highest BCUT2D eigenvalue weighted by Gasteiger charge is 2.19. The monoisotopic (exact) mass is 574 g/mol. The third kappa shape index (κ3) is 6.24. The largest absolute Gasteiger partial charge is 0.465 e. The fraction of sp³-hybridized carbons (Fsp3) is 0.125. The van der Waals surface area contributed by atoms with Crippen LogP contribution in [0, 0.1) is 0 Å². The van der Waals surface area contributed by atoms with Crippen LogP contribution < -0.4 is 10.6 Å². The lowest BCUT2D eigenvalue weighted by atomic mass is 10.1. The first-order valence-corrected chi connectivity index (χ1v) is 12.6. The maximum Gasteiger partial charge on any atom is 0.340 e. The van der Waals surface area contributed by atoms with Crippen LogP contribution >= 0.6 is 51.1 Å². The Labute approximate surface area is 220 Å². The van der Waals surface area contributed by atoms with E-state index in [1.54, 1.807) is 4.68 Å². The summed E-state index contributed by atoms with van der Waals surface area (Å²) < 4.78 is 7.51. The summed E-state index contributed by atoms with van der Waals surface area (Å²) in [6.45, 7) is 0.581. The number of nitrogens with zero attached hydrogens (tertiary/aromatic N) is 2. The second-order valence-corrected chi connectivity index (χ2v) is 10.2. The van der Waals surface area contributed by atoms with E-state index in [4.69, 9.17) is 28.6 Å². The molecule has 10 heteroatoms. The first kappa shape index (κ1) is 24.4. The normalized spacial score (nSPS) is 10.7. The van der Waals surface area contributed by atoms with Crippen molar-refractivity contribution in [3.63, 3.8) is 0 Å². The van der Waals surface area contributed by atoms with E-state index in [1.165, 1.54) is 18.4 Å². The van der Waals surface area contributed by atoms with E-state index in [0.29, 0.717) is 39.5 Å². The maximum absolute atomic E-state index is 12.3. The molecule has 34 heavy (non-hydrogen) atoms. The summed E-state index contributed by atoms with van der Waals surface area (Å²) in [4.78, 5) is 13.4. The molecule has 0 saturated carbocycles. The van der Waals surface area contributed by atoms with Crippen LogP contribution in [-0.2, 0) is 17.7 Å². The van der Waals surface area contributed by atoms with Crippen molar-refractivity contribution in [1.82, 2.24) is 9.78 Å².